The van der Waals surface area contributed by atoms with Gasteiger partial charge in [0, 0.05) is 17.1 Å². The van der Waals surface area contributed by atoms with Crippen molar-refractivity contribution in [1.82, 2.24) is 0 Å². The standard InChI is InChI=1S/C20H18N2OS/c1-23-19-10-8-18(9-11-19)22(15-20-3-2-12-24-20)14-17-6-4-16(13-21)5-7-17/h2-12H,14-15H2,1H3. The van der Waals surface area contributed by atoms with Gasteiger partial charge in [-0.1, -0.05) is 18.2 Å². The van der Waals surface area contributed by atoms with Gasteiger partial charge in [0.25, 0.3) is 0 Å². The fraction of sp³-hybridized carbons (Fsp3) is 0.150. The maximum Gasteiger partial charge on any atom is 0.119 e. The van der Waals surface area contributed by atoms with E-state index in [0.717, 1.165) is 24.5 Å². The van der Waals surface area contributed by atoms with E-state index in [-0.39, 0.29) is 0 Å². The molecule has 0 aliphatic heterocycles. The van der Waals surface area contributed by atoms with Gasteiger partial charge in [-0.3, -0.25) is 0 Å². The molecule has 2 aromatic carbocycles. The van der Waals surface area contributed by atoms with Crippen LogP contribution >= 0.6 is 11.3 Å². The molecule has 3 nitrogen and oxygen atoms in total. The van der Waals surface area contributed by atoms with Crippen molar-refractivity contribution in [3.63, 3.8) is 0 Å². The topological polar surface area (TPSA) is 36.3 Å². The minimum absolute atomic E-state index is 0.688. The molecule has 0 saturated carbocycles. The van der Waals surface area contributed by atoms with Crippen molar-refractivity contribution in [2.75, 3.05) is 12.0 Å². The number of hydrogen-bond donors (Lipinski definition) is 0. The number of ether oxygens (including phenoxy) is 1. The van der Waals surface area contributed by atoms with E-state index in [1.54, 1.807) is 18.4 Å². The highest BCUT2D eigenvalue weighted by molar-refractivity contribution is 7.09. The molecule has 0 amide bonds. The summed E-state index contributed by atoms with van der Waals surface area (Å²) < 4.78 is 5.25. The molecule has 120 valence electrons. The number of methoxy groups -OCH3 is 1. The van der Waals surface area contributed by atoms with E-state index >= 15 is 0 Å². The van der Waals surface area contributed by atoms with E-state index in [1.807, 2.05) is 36.4 Å². The minimum Gasteiger partial charge on any atom is -0.497 e. The Hall–Kier alpha value is -2.77. The Kier molecular flexibility index (Phi) is 5.15. The van der Waals surface area contributed by atoms with Crippen LogP contribution in [0.4, 0.5) is 5.69 Å². The number of anilines is 1. The Bertz CT molecular complexity index is 802. The van der Waals surface area contributed by atoms with Crippen LogP contribution in [0, 0.1) is 11.3 Å². The molecule has 0 spiro atoms. The molecule has 0 atom stereocenters. The number of hydrogen-bond acceptors (Lipinski definition) is 4. The largest absolute Gasteiger partial charge is 0.497 e. The van der Waals surface area contributed by atoms with Gasteiger partial charge in [-0.05, 0) is 53.4 Å². The Morgan fingerprint density at radius 1 is 1.00 bits per heavy atom. The van der Waals surface area contributed by atoms with Crippen molar-refractivity contribution in [1.29, 1.82) is 5.26 Å². The number of nitriles is 1. The Morgan fingerprint density at radius 3 is 2.33 bits per heavy atom. The van der Waals surface area contributed by atoms with E-state index in [2.05, 4.69) is 40.6 Å². The van der Waals surface area contributed by atoms with Gasteiger partial charge in [-0.2, -0.15) is 5.26 Å². The SMILES string of the molecule is COc1ccc(N(Cc2ccc(C#N)cc2)Cc2cccs2)cc1. The van der Waals surface area contributed by atoms with Gasteiger partial charge in [0.2, 0.25) is 0 Å². The molecule has 1 aromatic heterocycles. The van der Waals surface area contributed by atoms with E-state index in [4.69, 9.17) is 10.00 Å². The van der Waals surface area contributed by atoms with E-state index in [0.29, 0.717) is 5.56 Å². The zero-order valence-electron chi connectivity index (χ0n) is 13.5. The molecule has 0 aliphatic carbocycles. The predicted octanol–water partition coefficient (Wildman–Crippen LogP) is 4.84. The van der Waals surface area contributed by atoms with Crippen LogP contribution in [0.15, 0.2) is 66.0 Å². The molecule has 0 fully saturated rings. The Labute approximate surface area is 146 Å². The Morgan fingerprint density at radius 2 is 1.75 bits per heavy atom. The summed E-state index contributed by atoms with van der Waals surface area (Å²) in [5.41, 5.74) is 3.02. The van der Waals surface area contributed by atoms with Gasteiger partial charge in [0.1, 0.15) is 5.75 Å². The summed E-state index contributed by atoms with van der Waals surface area (Å²) >= 11 is 1.76. The molecule has 0 radical (unpaired) electrons. The first-order valence-electron chi connectivity index (χ1n) is 7.69. The van der Waals surface area contributed by atoms with Crippen molar-refractivity contribution >= 4 is 17.0 Å². The van der Waals surface area contributed by atoms with Gasteiger partial charge in [0.05, 0.1) is 25.3 Å². The first-order valence-corrected chi connectivity index (χ1v) is 8.57. The van der Waals surface area contributed by atoms with Gasteiger partial charge in [-0.25, -0.2) is 0 Å². The van der Waals surface area contributed by atoms with Crippen LogP contribution in [0.25, 0.3) is 0 Å². The molecule has 3 aromatic rings. The lowest BCUT2D eigenvalue weighted by Gasteiger charge is -2.25. The zero-order valence-corrected chi connectivity index (χ0v) is 14.3. The molecular formula is C20H18N2OS. The number of rotatable bonds is 6. The second-order valence-electron chi connectivity index (χ2n) is 5.44. The summed E-state index contributed by atoms with van der Waals surface area (Å²) in [5, 5.41) is 11.0. The predicted molar refractivity (Wildman–Crippen MR) is 98.4 cm³/mol. The minimum atomic E-state index is 0.688. The second-order valence-corrected chi connectivity index (χ2v) is 6.47. The summed E-state index contributed by atoms with van der Waals surface area (Å²) in [5.74, 6) is 0.855. The molecule has 24 heavy (non-hydrogen) atoms. The quantitative estimate of drug-likeness (QED) is 0.647. The van der Waals surface area contributed by atoms with Crippen LogP contribution in [0.2, 0.25) is 0 Å². The lowest BCUT2D eigenvalue weighted by atomic mass is 10.1. The van der Waals surface area contributed by atoms with Crippen LogP contribution < -0.4 is 9.64 Å². The van der Waals surface area contributed by atoms with E-state index < -0.39 is 0 Å². The second kappa shape index (κ2) is 7.67. The molecule has 1 heterocycles. The molecule has 0 bridgehead atoms. The summed E-state index contributed by atoms with van der Waals surface area (Å²) in [6.07, 6.45) is 0. The lowest BCUT2D eigenvalue weighted by molar-refractivity contribution is 0.415. The third kappa shape index (κ3) is 3.95. The van der Waals surface area contributed by atoms with Crippen LogP contribution in [-0.4, -0.2) is 7.11 Å². The van der Waals surface area contributed by atoms with E-state index in [1.165, 1.54) is 10.4 Å². The Balaban J connectivity index is 1.84. The van der Waals surface area contributed by atoms with Crippen LogP contribution in [0.1, 0.15) is 16.0 Å². The number of nitrogens with zero attached hydrogens (tertiary/aromatic N) is 2. The van der Waals surface area contributed by atoms with Crippen molar-refractivity contribution in [3.8, 4) is 11.8 Å². The molecule has 3 rings (SSSR count). The summed E-state index contributed by atoms with van der Waals surface area (Å²) in [7, 11) is 1.68. The average molecular weight is 334 g/mol. The van der Waals surface area contributed by atoms with Gasteiger partial charge >= 0.3 is 0 Å². The normalized spacial score (nSPS) is 10.2. The first kappa shape index (κ1) is 16.1. The number of benzene rings is 2. The monoisotopic (exact) mass is 334 g/mol. The fourth-order valence-corrected chi connectivity index (χ4v) is 3.25. The number of thiophene rings is 1. The average Bonchev–Trinajstić information content (AvgIpc) is 3.15. The van der Waals surface area contributed by atoms with Crippen LogP contribution in [-0.2, 0) is 13.1 Å². The van der Waals surface area contributed by atoms with Crippen LogP contribution in [0.5, 0.6) is 5.75 Å². The molecule has 0 aliphatic rings. The van der Waals surface area contributed by atoms with Crippen molar-refractivity contribution in [2.24, 2.45) is 0 Å². The zero-order chi connectivity index (χ0) is 16.8. The summed E-state index contributed by atoms with van der Waals surface area (Å²) in [6.45, 7) is 1.64. The third-order valence-corrected chi connectivity index (χ3v) is 4.68. The van der Waals surface area contributed by atoms with Crippen molar-refractivity contribution < 1.29 is 4.74 Å². The smallest absolute Gasteiger partial charge is 0.119 e. The molecule has 0 saturated heterocycles. The first-order chi connectivity index (χ1) is 11.8. The van der Waals surface area contributed by atoms with Crippen LogP contribution in [0.3, 0.4) is 0 Å². The van der Waals surface area contributed by atoms with Gasteiger partial charge in [0.15, 0.2) is 0 Å². The fourth-order valence-electron chi connectivity index (χ4n) is 2.53. The van der Waals surface area contributed by atoms with Gasteiger partial charge < -0.3 is 9.64 Å². The van der Waals surface area contributed by atoms with Crippen molar-refractivity contribution in [3.05, 3.63) is 82.0 Å². The highest BCUT2D eigenvalue weighted by atomic mass is 32.1. The highest BCUT2D eigenvalue weighted by Gasteiger charge is 2.10. The molecule has 0 unspecified atom stereocenters. The highest BCUT2D eigenvalue weighted by Crippen LogP contribution is 2.24. The molecular weight excluding hydrogens is 316 g/mol. The summed E-state index contributed by atoms with van der Waals surface area (Å²) in [6, 6.07) is 22.3. The maximum atomic E-state index is 8.94. The lowest BCUT2D eigenvalue weighted by Crippen LogP contribution is -2.21. The van der Waals surface area contributed by atoms with E-state index in [9.17, 15) is 0 Å². The molecule has 4 heteroatoms. The summed E-state index contributed by atoms with van der Waals surface area (Å²) in [4.78, 5) is 3.64. The molecule has 0 N–H and O–H groups in total. The van der Waals surface area contributed by atoms with Crippen molar-refractivity contribution in [2.45, 2.75) is 13.1 Å². The third-order valence-electron chi connectivity index (χ3n) is 3.82. The van der Waals surface area contributed by atoms with Gasteiger partial charge in [-0.15, -0.1) is 11.3 Å². The maximum absolute atomic E-state index is 8.94.